The van der Waals surface area contributed by atoms with Crippen molar-refractivity contribution in [2.24, 2.45) is 0 Å². The summed E-state index contributed by atoms with van der Waals surface area (Å²) in [5.41, 5.74) is 0.981. The Labute approximate surface area is 114 Å². The van der Waals surface area contributed by atoms with Gasteiger partial charge in [0.15, 0.2) is 11.6 Å². The zero-order valence-electron chi connectivity index (χ0n) is 9.64. The molecule has 0 bridgehead atoms. The molecule has 2 heterocycles. The number of rotatable bonds is 3. The van der Waals surface area contributed by atoms with Crippen molar-refractivity contribution in [3.63, 3.8) is 0 Å². The van der Waals surface area contributed by atoms with E-state index in [0.29, 0.717) is 5.82 Å². The van der Waals surface area contributed by atoms with Gasteiger partial charge in [-0.2, -0.15) is 0 Å². The average Bonchev–Trinajstić information content (AvgIpc) is 2.35. The second-order valence-corrected chi connectivity index (χ2v) is 4.97. The Balaban J connectivity index is 1.80. The fourth-order valence-electron chi connectivity index (χ4n) is 1.70. The highest BCUT2D eigenvalue weighted by atomic mass is 79.9. The smallest absolute Gasteiger partial charge is 0.160 e. The summed E-state index contributed by atoms with van der Waals surface area (Å²) in [7, 11) is 0. The summed E-state index contributed by atoms with van der Waals surface area (Å²) >= 11 is 3.49. The summed E-state index contributed by atoms with van der Waals surface area (Å²) in [5, 5.41) is 3.15. The molecule has 0 amide bonds. The Kier molecular flexibility index (Phi) is 3.25. The van der Waals surface area contributed by atoms with Crippen molar-refractivity contribution in [1.29, 1.82) is 0 Å². The largest absolute Gasteiger partial charge is 0.485 e. The molecule has 0 atom stereocenters. The Bertz CT molecular complexity index is 540. The standard InChI is InChI=1S/C13H12BrN3O/c14-12-4-2-1-3-11(12)13-16-7-10(8-17-13)18-9-5-15-6-9/h1-4,7-9,15H,5-6H2. The lowest BCUT2D eigenvalue weighted by molar-refractivity contribution is 0.141. The van der Waals surface area contributed by atoms with Gasteiger partial charge in [-0.1, -0.05) is 34.1 Å². The Hall–Kier alpha value is -1.46. The molecule has 0 aliphatic carbocycles. The van der Waals surface area contributed by atoms with Crippen LogP contribution in [0.15, 0.2) is 41.1 Å². The minimum Gasteiger partial charge on any atom is -0.485 e. The summed E-state index contributed by atoms with van der Waals surface area (Å²) in [4.78, 5) is 8.67. The normalized spacial score (nSPS) is 15.2. The SMILES string of the molecule is Brc1ccccc1-c1ncc(OC2CNC2)cn1. The number of hydrogen-bond acceptors (Lipinski definition) is 4. The van der Waals surface area contributed by atoms with Gasteiger partial charge in [0.05, 0.1) is 12.4 Å². The molecule has 2 aromatic rings. The van der Waals surface area contributed by atoms with Crippen molar-refractivity contribution < 1.29 is 4.74 Å². The van der Waals surface area contributed by atoms with Gasteiger partial charge < -0.3 is 10.1 Å². The van der Waals surface area contributed by atoms with Crippen LogP contribution in [0.2, 0.25) is 0 Å². The number of aromatic nitrogens is 2. The van der Waals surface area contributed by atoms with Gasteiger partial charge in [-0.15, -0.1) is 0 Å². The Morgan fingerprint density at radius 1 is 1.17 bits per heavy atom. The first-order valence-corrected chi connectivity index (χ1v) is 6.56. The van der Waals surface area contributed by atoms with Crippen LogP contribution in [0, 0.1) is 0 Å². The molecule has 4 nitrogen and oxygen atoms in total. The van der Waals surface area contributed by atoms with E-state index in [1.165, 1.54) is 0 Å². The zero-order valence-corrected chi connectivity index (χ0v) is 11.2. The molecule has 1 aliphatic rings. The monoisotopic (exact) mass is 305 g/mol. The maximum atomic E-state index is 5.67. The molecule has 1 saturated heterocycles. The molecule has 0 radical (unpaired) electrons. The molecule has 18 heavy (non-hydrogen) atoms. The highest BCUT2D eigenvalue weighted by Crippen LogP contribution is 2.25. The van der Waals surface area contributed by atoms with E-state index in [4.69, 9.17) is 4.74 Å². The lowest BCUT2D eigenvalue weighted by atomic mass is 10.2. The van der Waals surface area contributed by atoms with E-state index < -0.39 is 0 Å². The molecule has 1 N–H and O–H groups in total. The van der Waals surface area contributed by atoms with Gasteiger partial charge >= 0.3 is 0 Å². The van der Waals surface area contributed by atoms with Crippen LogP contribution in [0.1, 0.15) is 0 Å². The minimum absolute atomic E-state index is 0.253. The first-order chi connectivity index (χ1) is 8.83. The fraction of sp³-hybridized carbons (Fsp3) is 0.231. The van der Waals surface area contributed by atoms with Crippen LogP contribution < -0.4 is 10.1 Å². The van der Waals surface area contributed by atoms with Gasteiger partial charge in [0.25, 0.3) is 0 Å². The molecule has 1 aromatic carbocycles. The fourth-order valence-corrected chi connectivity index (χ4v) is 2.16. The quantitative estimate of drug-likeness (QED) is 0.945. The van der Waals surface area contributed by atoms with Crippen LogP contribution in [0.4, 0.5) is 0 Å². The molecule has 0 saturated carbocycles. The molecule has 0 unspecified atom stereocenters. The molecular weight excluding hydrogens is 294 g/mol. The van der Waals surface area contributed by atoms with Gasteiger partial charge in [-0.25, -0.2) is 9.97 Å². The summed E-state index contributed by atoms with van der Waals surface area (Å²) in [6.07, 6.45) is 3.70. The predicted octanol–water partition coefficient (Wildman–Crippen LogP) is 2.26. The molecule has 1 aliphatic heterocycles. The molecule has 1 fully saturated rings. The number of benzene rings is 1. The lowest BCUT2D eigenvalue weighted by Crippen LogP contribution is -2.50. The Morgan fingerprint density at radius 2 is 1.89 bits per heavy atom. The third-order valence-electron chi connectivity index (χ3n) is 2.79. The van der Waals surface area contributed by atoms with Crippen molar-refractivity contribution in [2.75, 3.05) is 13.1 Å². The highest BCUT2D eigenvalue weighted by Gasteiger charge is 2.18. The number of nitrogens with zero attached hydrogens (tertiary/aromatic N) is 2. The van der Waals surface area contributed by atoms with Crippen LogP contribution in [0.5, 0.6) is 5.75 Å². The Morgan fingerprint density at radius 3 is 2.50 bits per heavy atom. The van der Waals surface area contributed by atoms with Gasteiger partial charge in [0.1, 0.15) is 6.10 Å². The third kappa shape index (κ3) is 2.37. The van der Waals surface area contributed by atoms with Crippen molar-refractivity contribution in [1.82, 2.24) is 15.3 Å². The third-order valence-corrected chi connectivity index (χ3v) is 3.48. The molecule has 1 aromatic heterocycles. The second kappa shape index (κ2) is 5.04. The molecule has 5 heteroatoms. The van der Waals surface area contributed by atoms with E-state index in [1.54, 1.807) is 12.4 Å². The molecule has 92 valence electrons. The number of halogens is 1. The van der Waals surface area contributed by atoms with Crippen molar-refractivity contribution >= 4 is 15.9 Å². The lowest BCUT2D eigenvalue weighted by Gasteiger charge is -2.27. The van der Waals surface area contributed by atoms with Gasteiger partial charge in [0.2, 0.25) is 0 Å². The van der Waals surface area contributed by atoms with E-state index in [2.05, 4.69) is 31.2 Å². The van der Waals surface area contributed by atoms with Crippen LogP contribution >= 0.6 is 15.9 Å². The first-order valence-electron chi connectivity index (χ1n) is 5.77. The minimum atomic E-state index is 0.253. The van der Waals surface area contributed by atoms with Crippen LogP contribution in [-0.2, 0) is 0 Å². The maximum Gasteiger partial charge on any atom is 0.160 e. The maximum absolute atomic E-state index is 5.67. The summed E-state index contributed by atoms with van der Waals surface area (Å²) < 4.78 is 6.66. The number of nitrogens with one attached hydrogen (secondary N) is 1. The van der Waals surface area contributed by atoms with Crippen LogP contribution in [-0.4, -0.2) is 29.2 Å². The molecular formula is C13H12BrN3O. The number of ether oxygens (including phenoxy) is 1. The van der Waals surface area contributed by atoms with E-state index >= 15 is 0 Å². The van der Waals surface area contributed by atoms with E-state index in [1.807, 2.05) is 24.3 Å². The van der Waals surface area contributed by atoms with E-state index in [9.17, 15) is 0 Å². The highest BCUT2D eigenvalue weighted by molar-refractivity contribution is 9.10. The van der Waals surface area contributed by atoms with Gasteiger partial charge in [-0.05, 0) is 6.07 Å². The van der Waals surface area contributed by atoms with E-state index in [-0.39, 0.29) is 6.10 Å². The summed E-state index contributed by atoms with van der Waals surface area (Å²) in [5.74, 6) is 1.42. The molecule has 0 spiro atoms. The van der Waals surface area contributed by atoms with Crippen LogP contribution in [0.25, 0.3) is 11.4 Å². The summed E-state index contributed by atoms with van der Waals surface area (Å²) in [6, 6.07) is 7.89. The van der Waals surface area contributed by atoms with Crippen molar-refractivity contribution in [3.8, 4) is 17.1 Å². The van der Waals surface area contributed by atoms with Gasteiger partial charge in [-0.3, -0.25) is 0 Å². The molecule has 3 rings (SSSR count). The second-order valence-electron chi connectivity index (χ2n) is 4.12. The average molecular weight is 306 g/mol. The topological polar surface area (TPSA) is 47.0 Å². The number of hydrogen-bond donors (Lipinski definition) is 1. The van der Waals surface area contributed by atoms with Crippen molar-refractivity contribution in [2.45, 2.75) is 6.10 Å². The first kappa shape index (κ1) is 11.6. The van der Waals surface area contributed by atoms with E-state index in [0.717, 1.165) is 28.9 Å². The summed E-state index contributed by atoms with van der Waals surface area (Å²) in [6.45, 7) is 1.79. The van der Waals surface area contributed by atoms with Gasteiger partial charge in [0, 0.05) is 23.1 Å². The van der Waals surface area contributed by atoms with Crippen molar-refractivity contribution in [3.05, 3.63) is 41.1 Å². The van der Waals surface area contributed by atoms with Crippen LogP contribution in [0.3, 0.4) is 0 Å². The zero-order chi connectivity index (χ0) is 12.4. The predicted molar refractivity (Wildman–Crippen MR) is 72.5 cm³/mol.